The lowest BCUT2D eigenvalue weighted by atomic mass is 10.1. The number of aliphatic hydroxyl groups excluding tert-OH is 1. The number of fused-ring (bicyclic) bond motifs is 1. The lowest BCUT2D eigenvalue weighted by Gasteiger charge is -2.24. The Morgan fingerprint density at radius 2 is 2.00 bits per heavy atom. The minimum absolute atomic E-state index is 0.0582. The van der Waals surface area contributed by atoms with Crippen molar-refractivity contribution in [3.8, 4) is 5.75 Å². The molecule has 1 fully saturated rings. The smallest absolute Gasteiger partial charge is 0.262 e. The Labute approximate surface area is 124 Å². The van der Waals surface area contributed by atoms with Crippen LogP contribution in [-0.4, -0.2) is 42.2 Å². The summed E-state index contributed by atoms with van der Waals surface area (Å²) in [6.45, 7) is 2.82. The van der Waals surface area contributed by atoms with E-state index < -0.39 is 6.10 Å². The molecule has 1 saturated heterocycles. The van der Waals surface area contributed by atoms with E-state index in [2.05, 4.69) is 10.2 Å². The van der Waals surface area contributed by atoms with Crippen LogP contribution in [0.4, 0.5) is 5.69 Å². The molecular weight excluding hydrogens is 268 g/mol. The number of nitrogens with zero attached hydrogens (tertiary/aromatic N) is 1. The van der Waals surface area contributed by atoms with Crippen LogP contribution in [0.15, 0.2) is 18.2 Å². The number of benzene rings is 1. The molecule has 5 nitrogen and oxygen atoms in total. The third kappa shape index (κ3) is 3.54. The van der Waals surface area contributed by atoms with Crippen molar-refractivity contribution in [2.24, 2.45) is 0 Å². The van der Waals surface area contributed by atoms with Gasteiger partial charge >= 0.3 is 0 Å². The molecule has 0 aromatic heterocycles. The highest BCUT2D eigenvalue weighted by Crippen LogP contribution is 2.31. The number of β-amino-alcohol motifs (C(OH)–C–C–N with tert-alkyl or cyclic N) is 1. The van der Waals surface area contributed by atoms with Gasteiger partial charge in [-0.1, -0.05) is 18.9 Å². The molecule has 1 aromatic rings. The molecule has 2 aliphatic rings. The van der Waals surface area contributed by atoms with Crippen molar-refractivity contribution in [1.29, 1.82) is 0 Å². The second-order valence-electron chi connectivity index (χ2n) is 5.82. The number of rotatable bonds is 3. The second kappa shape index (κ2) is 6.45. The third-order valence-corrected chi connectivity index (χ3v) is 4.15. The predicted molar refractivity (Wildman–Crippen MR) is 80.4 cm³/mol. The highest BCUT2D eigenvalue weighted by molar-refractivity contribution is 5.95. The van der Waals surface area contributed by atoms with E-state index in [0.717, 1.165) is 18.7 Å². The minimum Gasteiger partial charge on any atom is -0.482 e. The average molecular weight is 290 g/mol. The van der Waals surface area contributed by atoms with Gasteiger partial charge in [0.2, 0.25) is 0 Å². The number of hydrogen-bond acceptors (Lipinski definition) is 4. The van der Waals surface area contributed by atoms with Gasteiger partial charge in [0.1, 0.15) is 5.75 Å². The number of anilines is 1. The summed E-state index contributed by atoms with van der Waals surface area (Å²) in [5.74, 6) is 0.516. The minimum atomic E-state index is -0.535. The lowest BCUT2D eigenvalue weighted by molar-refractivity contribution is -0.118. The molecule has 1 unspecified atom stereocenters. The van der Waals surface area contributed by atoms with E-state index in [1.165, 1.54) is 25.7 Å². The fourth-order valence-corrected chi connectivity index (χ4v) is 2.98. The Balaban J connectivity index is 1.68. The average Bonchev–Trinajstić information content (AvgIpc) is 2.75. The van der Waals surface area contributed by atoms with Gasteiger partial charge in [-0.05, 0) is 43.6 Å². The van der Waals surface area contributed by atoms with Gasteiger partial charge < -0.3 is 20.1 Å². The summed E-state index contributed by atoms with van der Waals surface area (Å²) < 4.78 is 5.33. The van der Waals surface area contributed by atoms with Crippen LogP contribution in [-0.2, 0) is 4.79 Å². The van der Waals surface area contributed by atoms with Gasteiger partial charge in [-0.3, -0.25) is 4.79 Å². The highest BCUT2D eigenvalue weighted by Gasteiger charge is 2.20. The topological polar surface area (TPSA) is 61.8 Å². The maximum absolute atomic E-state index is 11.4. The largest absolute Gasteiger partial charge is 0.482 e. The molecule has 1 amide bonds. The van der Waals surface area contributed by atoms with Crippen LogP contribution < -0.4 is 10.1 Å². The van der Waals surface area contributed by atoms with E-state index in [9.17, 15) is 9.90 Å². The van der Waals surface area contributed by atoms with Crippen LogP contribution in [0, 0.1) is 0 Å². The van der Waals surface area contributed by atoms with Gasteiger partial charge in [-0.15, -0.1) is 0 Å². The summed E-state index contributed by atoms with van der Waals surface area (Å²) in [5, 5.41) is 13.2. The van der Waals surface area contributed by atoms with Gasteiger partial charge in [0.05, 0.1) is 11.8 Å². The zero-order valence-corrected chi connectivity index (χ0v) is 12.2. The molecule has 21 heavy (non-hydrogen) atoms. The summed E-state index contributed by atoms with van der Waals surface area (Å²) in [4.78, 5) is 13.7. The maximum atomic E-state index is 11.4. The van der Waals surface area contributed by atoms with Crippen LogP contribution >= 0.6 is 0 Å². The molecule has 0 aliphatic carbocycles. The van der Waals surface area contributed by atoms with Crippen molar-refractivity contribution in [2.45, 2.75) is 31.8 Å². The zero-order chi connectivity index (χ0) is 14.7. The van der Waals surface area contributed by atoms with Crippen LogP contribution in [0.1, 0.15) is 37.4 Å². The first-order chi connectivity index (χ1) is 10.2. The monoisotopic (exact) mass is 290 g/mol. The van der Waals surface area contributed by atoms with Gasteiger partial charge in [-0.2, -0.15) is 0 Å². The van der Waals surface area contributed by atoms with Gasteiger partial charge in [0, 0.05) is 6.54 Å². The molecule has 2 heterocycles. The number of amides is 1. The van der Waals surface area contributed by atoms with Crippen LogP contribution in [0.3, 0.4) is 0 Å². The zero-order valence-electron chi connectivity index (χ0n) is 12.2. The molecule has 0 saturated carbocycles. The van der Waals surface area contributed by atoms with Gasteiger partial charge in [0.15, 0.2) is 6.61 Å². The SMILES string of the molecule is O=C1COc2ccc(C(O)CN3CCCCCC3)cc2N1. The summed E-state index contributed by atoms with van der Waals surface area (Å²) in [5.41, 5.74) is 1.47. The van der Waals surface area contributed by atoms with Crippen molar-refractivity contribution in [2.75, 3.05) is 31.6 Å². The molecule has 0 radical (unpaired) electrons. The normalized spacial score (nSPS) is 20.9. The van der Waals surface area contributed by atoms with E-state index in [0.29, 0.717) is 18.0 Å². The first kappa shape index (κ1) is 14.4. The molecule has 1 atom stereocenters. The lowest BCUT2D eigenvalue weighted by Crippen LogP contribution is -2.30. The Morgan fingerprint density at radius 1 is 1.24 bits per heavy atom. The van der Waals surface area contributed by atoms with Crippen molar-refractivity contribution in [3.05, 3.63) is 23.8 Å². The Hall–Kier alpha value is -1.59. The molecule has 1 aromatic carbocycles. The van der Waals surface area contributed by atoms with E-state index in [1.807, 2.05) is 18.2 Å². The number of ether oxygens (including phenoxy) is 1. The molecule has 2 aliphatic heterocycles. The van der Waals surface area contributed by atoms with E-state index in [4.69, 9.17) is 4.74 Å². The standard InChI is InChI=1S/C16H22N2O3/c19-14(10-18-7-3-1-2-4-8-18)12-5-6-15-13(9-12)17-16(20)11-21-15/h5-6,9,14,19H,1-4,7-8,10-11H2,(H,17,20). The number of carbonyl (C=O) groups is 1. The molecule has 0 spiro atoms. The molecular formula is C16H22N2O3. The van der Waals surface area contributed by atoms with E-state index >= 15 is 0 Å². The summed E-state index contributed by atoms with van der Waals surface area (Å²) in [6.07, 6.45) is 4.46. The first-order valence-corrected chi connectivity index (χ1v) is 7.69. The van der Waals surface area contributed by atoms with Gasteiger partial charge in [0.25, 0.3) is 5.91 Å². The molecule has 3 rings (SSSR count). The third-order valence-electron chi connectivity index (χ3n) is 4.15. The van der Waals surface area contributed by atoms with E-state index in [-0.39, 0.29) is 12.5 Å². The number of carbonyl (C=O) groups excluding carboxylic acids is 1. The Kier molecular flexibility index (Phi) is 4.41. The summed E-state index contributed by atoms with van der Waals surface area (Å²) in [6, 6.07) is 5.50. The van der Waals surface area contributed by atoms with Crippen molar-refractivity contribution >= 4 is 11.6 Å². The van der Waals surface area contributed by atoms with Crippen LogP contribution in [0.5, 0.6) is 5.75 Å². The van der Waals surface area contributed by atoms with Crippen LogP contribution in [0.2, 0.25) is 0 Å². The Morgan fingerprint density at radius 3 is 2.76 bits per heavy atom. The van der Waals surface area contributed by atoms with E-state index in [1.54, 1.807) is 0 Å². The molecule has 5 heteroatoms. The van der Waals surface area contributed by atoms with Crippen molar-refractivity contribution < 1.29 is 14.6 Å². The number of nitrogens with one attached hydrogen (secondary N) is 1. The quantitative estimate of drug-likeness (QED) is 0.893. The molecule has 2 N–H and O–H groups in total. The Bertz CT molecular complexity index is 510. The molecule has 0 bridgehead atoms. The fraction of sp³-hybridized carbons (Fsp3) is 0.562. The number of hydrogen-bond donors (Lipinski definition) is 2. The summed E-state index contributed by atoms with van der Waals surface area (Å²) >= 11 is 0. The van der Waals surface area contributed by atoms with Crippen molar-refractivity contribution in [3.63, 3.8) is 0 Å². The fourth-order valence-electron chi connectivity index (χ4n) is 2.98. The first-order valence-electron chi connectivity index (χ1n) is 7.69. The highest BCUT2D eigenvalue weighted by atomic mass is 16.5. The van der Waals surface area contributed by atoms with Crippen LogP contribution in [0.25, 0.3) is 0 Å². The number of aliphatic hydroxyl groups is 1. The summed E-state index contributed by atoms with van der Waals surface area (Å²) in [7, 11) is 0. The number of likely N-dealkylation sites (tertiary alicyclic amines) is 1. The second-order valence-corrected chi connectivity index (χ2v) is 5.82. The van der Waals surface area contributed by atoms with Crippen molar-refractivity contribution in [1.82, 2.24) is 4.90 Å². The van der Waals surface area contributed by atoms with Gasteiger partial charge in [-0.25, -0.2) is 0 Å². The predicted octanol–water partition coefficient (Wildman–Crippen LogP) is 1.93. The maximum Gasteiger partial charge on any atom is 0.262 e. The molecule has 114 valence electrons.